The minimum absolute atomic E-state index is 0.0649. The normalized spacial score (nSPS) is 15.4. The summed E-state index contributed by atoms with van der Waals surface area (Å²) < 4.78 is 1.99. The number of piperidine rings is 1. The highest BCUT2D eigenvalue weighted by atomic mass is 16.2. The van der Waals surface area contributed by atoms with E-state index in [4.69, 9.17) is 0 Å². The minimum atomic E-state index is 0.0649. The molecule has 140 valence electrons. The maximum absolute atomic E-state index is 12.8. The first-order chi connectivity index (χ1) is 13.1. The smallest absolute Gasteiger partial charge is 0.274 e. The molecule has 1 amide bonds. The van der Waals surface area contributed by atoms with Crippen molar-refractivity contribution < 1.29 is 4.79 Å². The predicted octanol–water partition coefficient (Wildman–Crippen LogP) is 4.44. The van der Waals surface area contributed by atoms with Crippen molar-refractivity contribution in [2.75, 3.05) is 13.1 Å². The van der Waals surface area contributed by atoms with Gasteiger partial charge in [-0.05, 0) is 63.1 Å². The number of aromatic nitrogens is 2. The lowest BCUT2D eigenvalue weighted by Crippen LogP contribution is -2.38. The summed E-state index contributed by atoms with van der Waals surface area (Å²) in [7, 11) is 0. The van der Waals surface area contributed by atoms with Crippen LogP contribution < -0.4 is 0 Å². The van der Waals surface area contributed by atoms with Gasteiger partial charge in [0.15, 0.2) is 0 Å². The van der Waals surface area contributed by atoms with Crippen molar-refractivity contribution in [3.8, 4) is 0 Å². The van der Waals surface area contributed by atoms with Gasteiger partial charge in [-0.3, -0.25) is 4.79 Å². The molecule has 4 heteroatoms. The molecule has 4 rings (SSSR count). The van der Waals surface area contributed by atoms with Gasteiger partial charge >= 0.3 is 0 Å². The Kier molecular flexibility index (Phi) is 4.97. The number of imidazole rings is 1. The molecule has 1 fully saturated rings. The average Bonchev–Trinajstić information content (AvgIpc) is 3.13. The number of hydrogen-bond acceptors (Lipinski definition) is 2. The maximum atomic E-state index is 12.8. The molecule has 0 saturated carbocycles. The third kappa shape index (κ3) is 3.90. The molecule has 0 N–H and O–H groups in total. The fourth-order valence-corrected chi connectivity index (χ4v) is 3.96. The van der Waals surface area contributed by atoms with Crippen LogP contribution in [0.25, 0.3) is 5.65 Å². The van der Waals surface area contributed by atoms with Crippen molar-refractivity contribution in [3.63, 3.8) is 0 Å². The number of likely N-dealkylation sites (tertiary alicyclic amines) is 1. The molecular formula is C23H27N3O. The first-order valence-corrected chi connectivity index (χ1v) is 9.90. The first kappa shape index (κ1) is 17.8. The van der Waals surface area contributed by atoms with E-state index in [-0.39, 0.29) is 5.91 Å². The van der Waals surface area contributed by atoms with Gasteiger partial charge in [0, 0.05) is 25.0 Å². The van der Waals surface area contributed by atoms with E-state index in [9.17, 15) is 4.79 Å². The summed E-state index contributed by atoms with van der Waals surface area (Å²) in [5.74, 6) is 0.772. The summed E-state index contributed by atoms with van der Waals surface area (Å²) in [6, 6.07) is 14.8. The van der Waals surface area contributed by atoms with Crippen molar-refractivity contribution in [2.24, 2.45) is 5.92 Å². The van der Waals surface area contributed by atoms with Gasteiger partial charge in [0.2, 0.25) is 0 Å². The van der Waals surface area contributed by atoms with E-state index < -0.39 is 0 Å². The number of hydrogen-bond donors (Lipinski definition) is 0. The molecule has 3 heterocycles. The highest BCUT2D eigenvalue weighted by Gasteiger charge is 2.25. The Morgan fingerprint density at radius 3 is 2.52 bits per heavy atom. The van der Waals surface area contributed by atoms with Crippen LogP contribution in [0.15, 0.2) is 48.7 Å². The number of pyridine rings is 1. The Bertz CT molecular complexity index is 934. The number of nitrogens with zero attached hydrogens (tertiary/aromatic N) is 3. The van der Waals surface area contributed by atoms with Crippen LogP contribution in [0.1, 0.15) is 46.6 Å². The third-order valence-corrected chi connectivity index (χ3v) is 5.78. The first-order valence-electron chi connectivity index (χ1n) is 9.90. The molecule has 1 aromatic carbocycles. The highest BCUT2D eigenvalue weighted by molar-refractivity contribution is 5.93. The van der Waals surface area contributed by atoms with Gasteiger partial charge in [0.1, 0.15) is 11.3 Å². The zero-order valence-electron chi connectivity index (χ0n) is 16.2. The number of aryl methyl sites for hydroxylation is 3. The third-order valence-electron chi connectivity index (χ3n) is 5.78. The van der Waals surface area contributed by atoms with Gasteiger partial charge in [-0.1, -0.05) is 35.9 Å². The fraction of sp³-hybridized carbons (Fsp3) is 0.391. The minimum Gasteiger partial charge on any atom is -0.337 e. The Balaban J connectivity index is 1.33. The van der Waals surface area contributed by atoms with Crippen molar-refractivity contribution >= 4 is 11.6 Å². The SMILES string of the molecule is Cc1ccc(CCC2CCN(C(=O)c3cn4c(C)cccc4n3)CC2)cc1. The summed E-state index contributed by atoms with van der Waals surface area (Å²) in [6.45, 7) is 5.83. The number of carbonyl (C=O) groups excluding carboxylic acids is 1. The van der Waals surface area contributed by atoms with Gasteiger partial charge in [-0.25, -0.2) is 4.98 Å². The van der Waals surface area contributed by atoms with E-state index in [1.807, 2.05) is 40.6 Å². The summed E-state index contributed by atoms with van der Waals surface area (Å²) in [5, 5.41) is 0. The van der Waals surface area contributed by atoms with Gasteiger partial charge in [0.05, 0.1) is 0 Å². The van der Waals surface area contributed by atoms with Crippen molar-refractivity contribution in [1.82, 2.24) is 14.3 Å². The molecule has 27 heavy (non-hydrogen) atoms. The van der Waals surface area contributed by atoms with E-state index in [1.54, 1.807) is 0 Å². The van der Waals surface area contributed by atoms with Crippen molar-refractivity contribution in [2.45, 2.75) is 39.5 Å². The Morgan fingerprint density at radius 1 is 1.07 bits per heavy atom. The summed E-state index contributed by atoms with van der Waals surface area (Å²) in [5.41, 5.74) is 5.22. The predicted molar refractivity (Wildman–Crippen MR) is 108 cm³/mol. The Labute approximate surface area is 160 Å². The van der Waals surface area contributed by atoms with Crippen LogP contribution >= 0.6 is 0 Å². The number of rotatable bonds is 4. The quantitative estimate of drug-likeness (QED) is 0.689. The fourth-order valence-electron chi connectivity index (χ4n) is 3.96. The lowest BCUT2D eigenvalue weighted by atomic mass is 9.90. The molecule has 1 aliphatic rings. The maximum Gasteiger partial charge on any atom is 0.274 e. The molecule has 4 nitrogen and oxygen atoms in total. The molecular weight excluding hydrogens is 334 g/mol. The van der Waals surface area contributed by atoms with Crippen molar-refractivity contribution in [1.29, 1.82) is 0 Å². The van der Waals surface area contributed by atoms with Gasteiger partial charge in [-0.2, -0.15) is 0 Å². The topological polar surface area (TPSA) is 37.6 Å². The lowest BCUT2D eigenvalue weighted by molar-refractivity contribution is 0.0681. The zero-order chi connectivity index (χ0) is 18.8. The van der Waals surface area contributed by atoms with Crippen LogP contribution in [0, 0.1) is 19.8 Å². The monoisotopic (exact) mass is 361 g/mol. The summed E-state index contributed by atoms with van der Waals surface area (Å²) in [4.78, 5) is 19.3. The molecule has 2 aromatic heterocycles. The van der Waals surface area contributed by atoms with Crippen LogP contribution in [0.2, 0.25) is 0 Å². The molecule has 0 radical (unpaired) electrons. The van der Waals surface area contributed by atoms with Gasteiger partial charge in [0.25, 0.3) is 5.91 Å². The summed E-state index contributed by atoms with van der Waals surface area (Å²) >= 11 is 0. The van der Waals surface area contributed by atoms with Crippen LogP contribution in [-0.4, -0.2) is 33.3 Å². The molecule has 0 bridgehead atoms. The molecule has 1 saturated heterocycles. The van der Waals surface area contributed by atoms with E-state index in [1.165, 1.54) is 17.5 Å². The second-order valence-electron chi connectivity index (χ2n) is 7.78. The van der Waals surface area contributed by atoms with E-state index >= 15 is 0 Å². The summed E-state index contributed by atoms with van der Waals surface area (Å²) in [6.07, 6.45) is 6.38. The Hall–Kier alpha value is -2.62. The number of fused-ring (bicyclic) bond motifs is 1. The van der Waals surface area contributed by atoms with Crippen molar-refractivity contribution in [3.05, 3.63) is 71.2 Å². The lowest BCUT2D eigenvalue weighted by Gasteiger charge is -2.31. The highest BCUT2D eigenvalue weighted by Crippen LogP contribution is 2.24. The van der Waals surface area contributed by atoms with Crippen LogP contribution in [0.3, 0.4) is 0 Å². The molecule has 1 aliphatic heterocycles. The number of benzene rings is 1. The molecule has 0 unspecified atom stereocenters. The van der Waals surface area contributed by atoms with Crippen LogP contribution in [0.4, 0.5) is 0 Å². The molecule has 3 aromatic rings. The van der Waals surface area contributed by atoms with Crippen LogP contribution in [-0.2, 0) is 6.42 Å². The number of amides is 1. The molecule has 0 aliphatic carbocycles. The standard InChI is InChI=1S/C23H27N3O/c1-17-6-8-19(9-7-17)10-11-20-12-14-25(15-13-20)23(27)21-16-26-18(2)4-3-5-22(26)24-21/h3-9,16,20H,10-15H2,1-2H3. The van der Waals surface area contributed by atoms with Gasteiger partial charge < -0.3 is 9.30 Å². The second kappa shape index (κ2) is 7.55. The zero-order valence-corrected chi connectivity index (χ0v) is 16.2. The van der Waals surface area contributed by atoms with Gasteiger partial charge in [-0.15, -0.1) is 0 Å². The number of carbonyl (C=O) groups is 1. The largest absolute Gasteiger partial charge is 0.337 e. The van der Waals surface area contributed by atoms with Crippen LogP contribution in [0.5, 0.6) is 0 Å². The molecule has 0 spiro atoms. The van der Waals surface area contributed by atoms with E-state index in [2.05, 4.69) is 36.2 Å². The second-order valence-corrected chi connectivity index (χ2v) is 7.78. The average molecular weight is 361 g/mol. The van der Waals surface area contributed by atoms with E-state index in [0.29, 0.717) is 11.6 Å². The Morgan fingerprint density at radius 2 is 1.81 bits per heavy atom. The van der Waals surface area contributed by atoms with E-state index in [0.717, 1.165) is 43.7 Å². The molecule has 0 atom stereocenters.